The van der Waals surface area contributed by atoms with Crippen molar-refractivity contribution >= 4 is 33.2 Å². The molecule has 0 unspecified atom stereocenters. The second-order valence-electron chi connectivity index (χ2n) is 7.00. The summed E-state index contributed by atoms with van der Waals surface area (Å²) in [7, 11) is -3.40. The molecule has 3 amide bonds. The lowest BCUT2D eigenvalue weighted by atomic mass is 10.1. The van der Waals surface area contributed by atoms with Gasteiger partial charge in [0.05, 0.1) is 16.9 Å². The van der Waals surface area contributed by atoms with Crippen LogP contribution in [0.2, 0.25) is 0 Å². The molecule has 0 radical (unpaired) electrons. The molecule has 1 aliphatic rings. The summed E-state index contributed by atoms with van der Waals surface area (Å²) < 4.78 is 23.3. The summed E-state index contributed by atoms with van der Waals surface area (Å²) in [5, 5.41) is 2.69. The number of carbonyl (C=O) groups is 3. The maximum atomic E-state index is 13.0. The van der Waals surface area contributed by atoms with Crippen LogP contribution in [0.5, 0.6) is 0 Å². The quantitative estimate of drug-likeness (QED) is 0.701. The summed E-state index contributed by atoms with van der Waals surface area (Å²) >= 11 is 0. The van der Waals surface area contributed by atoms with Crippen molar-refractivity contribution in [1.82, 2.24) is 4.90 Å². The minimum atomic E-state index is -3.40. The Hall–Kier alpha value is -3.00. The van der Waals surface area contributed by atoms with E-state index in [2.05, 4.69) is 5.32 Å². The Bertz CT molecular complexity index is 1030. The molecule has 3 rings (SSSR count). The standard InChI is InChI=1S/C21H22N2O5S/c1-3-14-8-10-15(11-9-14)22-19(24)18(12-13-29(2,27)28)23-20(25)16-6-4-5-7-17(16)21(23)26/h4-11,18H,3,12-13H2,1-2H3,(H,22,24)/t18-/m1/s1. The number of sulfone groups is 1. The molecule has 8 heteroatoms. The third-order valence-corrected chi connectivity index (χ3v) is 5.81. The number of fused-ring (bicyclic) bond motifs is 1. The van der Waals surface area contributed by atoms with Gasteiger partial charge in [-0.2, -0.15) is 0 Å². The first-order valence-electron chi connectivity index (χ1n) is 9.25. The van der Waals surface area contributed by atoms with Gasteiger partial charge in [-0.1, -0.05) is 31.2 Å². The Balaban J connectivity index is 1.89. The first-order valence-corrected chi connectivity index (χ1v) is 11.3. The van der Waals surface area contributed by atoms with Gasteiger partial charge >= 0.3 is 0 Å². The lowest BCUT2D eigenvalue weighted by Gasteiger charge is -2.25. The molecule has 1 heterocycles. The fourth-order valence-electron chi connectivity index (χ4n) is 3.24. The lowest BCUT2D eigenvalue weighted by molar-refractivity contribution is -0.120. The normalized spacial score (nSPS) is 14.6. The van der Waals surface area contributed by atoms with Gasteiger partial charge < -0.3 is 5.32 Å². The van der Waals surface area contributed by atoms with Gasteiger partial charge in [0.15, 0.2) is 0 Å². The van der Waals surface area contributed by atoms with Crippen LogP contribution in [-0.2, 0) is 21.1 Å². The van der Waals surface area contributed by atoms with Gasteiger partial charge in [0.2, 0.25) is 5.91 Å². The number of imide groups is 1. The number of benzene rings is 2. The van der Waals surface area contributed by atoms with Gasteiger partial charge in [0.25, 0.3) is 11.8 Å². The third kappa shape index (κ3) is 4.54. The molecule has 1 aliphatic heterocycles. The van der Waals surface area contributed by atoms with Crippen molar-refractivity contribution in [3.63, 3.8) is 0 Å². The second kappa shape index (κ2) is 8.16. The maximum Gasteiger partial charge on any atom is 0.262 e. The molecule has 0 aromatic heterocycles. The van der Waals surface area contributed by atoms with Crippen molar-refractivity contribution in [3.8, 4) is 0 Å². The predicted molar refractivity (Wildman–Crippen MR) is 110 cm³/mol. The van der Waals surface area contributed by atoms with Crippen LogP contribution in [0.1, 0.15) is 39.6 Å². The molecule has 0 fully saturated rings. The first kappa shape index (κ1) is 20.7. The van der Waals surface area contributed by atoms with E-state index in [1.807, 2.05) is 19.1 Å². The molecule has 0 spiro atoms. The van der Waals surface area contributed by atoms with Gasteiger partial charge in [0.1, 0.15) is 15.9 Å². The molecular formula is C21H22N2O5S. The number of nitrogens with one attached hydrogen (secondary N) is 1. The smallest absolute Gasteiger partial charge is 0.262 e. The first-order chi connectivity index (χ1) is 13.7. The van der Waals surface area contributed by atoms with Crippen molar-refractivity contribution in [2.75, 3.05) is 17.3 Å². The average molecular weight is 414 g/mol. The highest BCUT2D eigenvalue weighted by Crippen LogP contribution is 2.26. The van der Waals surface area contributed by atoms with Crippen molar-refractivity contribution in [2.24, 2.45) is 0 Å². The van der Waals surface area contributed by atoms with Gasteiger partial charge in [-0.3, -0.25) is 19.3 Å². The topological polar surface area (TPSA) is 101 Å². The van der Waals surface area contributed by atoms with Gasteiger partial charge in [-0.25, -0.2) is 8.42 Å². The van der Waals surface area contributed by atoms with Crippen LogP contribution in [-0.4, -0.2) is 49.1 Å². The fourth-order valence-corrected chi connectivity index (χ4v) is 3.89. The molecule has 0 saturated heterocycles. The van der Waals surface area contributed by atoms with Crippen LogP contribution in [0.15, 0.2) is 48.5 Å². The highest BCUT2D eigenvalue weighted by atomic mass is 32.2. The Kier molecular flexibility index (Phi) is 5.83. The monoisotopic (exact) mass is 414 g/mol. The molecule has 2 aromatic carbocycles. The van der Waals surface area contributed by atoms with Crippen molar-refractivity contribution in [2.45, 2.75) is 25.8 Å². The zero-order valence-electron chi connectivity index (χ0n) is 16.2. The predicted octanol–water partition coefficient (Wildman–Crippen LogP) is 2.29. The lowest BCUT2D eigenvalue weighted by Crippen LogP contribution is -2.48. The highest BCUT2D eigenvalue weighted by Gasteiger charge is 2.42. The van der Waals surface area contributed by atoms with Crippen LogP contribution >= 0.6 is 0 Å². The number of rotatable bonds is 7. The zero-order chi connectivity index (χ0) is 21.2. The number of anilines is 1. The van der Waals surface area contributed by atoms with Crippen molar-refractivity contribution < 1.29 is 22.8 Å². The van der Waals surface area contributed by atoms with Crippen molar-refractivity contribution in [3.05, 3.63) is 65.2 Å². The Morgan fingerprint density at radius 3 is 2.03 bits per heavy atom. The Morgan fingerprint density at radius 2 is 1.55 bits per heavy atom. The van der Waals surface area contributed by atoms with Crippen LogP contribution in [0.4, 0.5) is 5.69 Å². The minimum absolute atomic E-state index is 0.177. The fraction of sp³-hybridized carbons (Fsp3) is 0.286. The second-order valence-corrected chi connectivity index (χ2v) is 9.26. The van der Waals surface area contributed by atoms with Gasteiger partial charge in [-0.15, -0.1) is 0 Å². The molecule has 0 bridgehead atoms. The number of hydrogen-bond donors (Lipinski definition) is 1. The van der Waals surface area contributed by atoms with Gasteiger partial charge in [-0.05, 0) is 42.7 Å². The van der Waals surface area contributed by atoms with Gasteiger partial charge in [0, 0.05) is 11.9 Å². The molecule has 1 atom stereocenters. The molecule has 1 N–H and O–H groups in total. The van der Waals surface area contributed by atoms with Crippen LogP contribution in [0, 0.1) is 0 Å². The molecule has 29 heavy (non-hydrogen) atoms. The van der Waals surface area contributed by atoms with E-state index < -0.39 is 33.6 Å². The molecule has 2 aromatic rings. The summed E-state index contributed by atoms with van der Waals surface area (Å²) in [6.45, 7) is 2.01. The molecule has 7 nitrogen and oxygen atoms in total. The summed E-state index contributed by atoms with van der Waals surface area (Å²) in [4.78, 5) is 39.4. The highest BCUT2D eigenvalue weighted by molar-refractivity contribution is 7.90. The van der Waals surface area contributed by atoms with E-state index in [1.54, 1.807) is 24.3 Å². The number of amides is 3. The summed E-state index contributed by atoms with van der Waals surface area (Å²) in [6, 6.07) is 12.3. The summed E-state index contributed by atoms with van der Waals surface area (Å²) in [5.74, 6) is -2.12. The largest absolute Gasteiger partial charge is 0.324 e. The van der Waals surface area contributed by atoms with E-state index in [4.69, 9.17) is 0 Å². The summed E-state index contributed by atoms with van der Waals surface area (Å²) in [5.41, 5.74) is 2.02. The van der Waals surface area contributed by atoms with E-state index in [9.17, 15) is 22.8 Å². The van der Waals surface area contributed by atoms with E-state index in [0.29, 0.717) is 5.69 Å². The molecule has 0 saturated carbocycles. The van der Waals surface area contributed by atoms with Crippen LogP contribution in [0.3, 0.4) is 0 Å². The Labute approximate surface area is 169 Å². The van der Waals surface area contributed by atoms with Crippen LogP contribution in [0.25, 0.3) is 0 Å². The van der Waals surface area contributed by atoms with E-state index >= 15 is 0 Å². The minimum Gasteiger partial charge on any atom is -0.324 e. The van der Waals surface area contributed by atoms with Crippen molar-refractivity contribution in [1.29, 1.82) is 0 Å². The van der Waals surface area contributed by atoms with E-state index in [0.717, 1.165) is 23.1 Å². The zero-order valence-corrected chi connectivity index (χ0v) is 17.0. The Morgan fingerprint density at radius 1 is 1.00 bits per heavy atom. The van der Waals surface area contributed by atoms with E-state index in [1.165, 1.54) is 12.1 Å². The number of nitrogens with zero attached hydrogens (tertiary/aromatic N) is 1. The van der Waals surface area contributed by atoms with Crippen LogP contribution < -0.4 is 5.32 Å². The SMILES string of the molecule is CCc1ccc(NC(=O)[C@@H](CCS(C)(=O)=O)N2C(=O)c3ccccc3C2=O)cc1. The maximum absolute atomic E-state index is 13.0. The number of hydrogen-bond acceptors (Lipinski definition) is 5. The number of aryl methyl sites for hydroxylation is 1. The molecule has 0 aliphatic carbocycles. The average Bonchev–Trinajstić information content (AvgIpc) is 2.93. The number of carbonyl (C=O) groups excluding carboxylic acids is 3. The molecule has 152 valence electrons. The van der Waals surface area contributed by atoms with E-state index in [-0.39, 0.29) is 23.3 Å². The third-order valence-electron chi connectivity index (χ3n) is 4.83. The summed E-state index contributed by atoms with van der Waals surface area (Å²) in [6.07, 6.45) is 1.72. The molecular weight excluding hydrogens is 392 g/mol.